The fourth-order valence-corrected chi connectivity index (χ4v) is 6.21. The third kappa shape index (κ3) is 40.6. The minimum Gasteiger partial charge on any atom is -0.462 e. The van der Waals surface area contributed by atoms with E-state index in [0.29, 0.717) is 12.8 Å². The summed E-state index contributed by atoms with van der Waals surface area (Å²) >= 11 is 0. The summed E-state index contributed by atoms with van der Waals surface area (Å²) < 4.78 is 10.6. The van der Waals surface area contributed by atoms with E-state index in [1.807, 2.05) is 0 Å². The normalized spacial score (nSPS) is 12.6. The zero-order valence-electron chi connectivity index (χ0n) is 34.3. The highest BCUT2D eigenvalue weighted by Gasteiger charge is 2.16. The molecular formula is C47H84O5. The van der Waals surface area contributed by atoms with Gasteiger partial charge in [0.05, 0.1) is 6.61 Å². The molecule has 1 N–H and O–H groups in total. The summed E-state index contributed by atoms with van der Waals surface area (Å²) in [6, 6.07) is 0. The summed E-state index contributed by atoms with van der Waals surface area (Å²) in [5, 5.41) is 9.57. The predicted octanol–water partition coefficient (Wildman–Crippen LogP) is 14.2. The lowest BCUT2D eigenvalue weighted by molar-refractivity contribution is -0.161. The summed E-state index contributed by atoms with van der Waals surface area (Å²) in [4.78, 5) is 24.3. The third-order valence-corrected chi connectivity index (χ3v) is 9.60. The number of rotatable bonds is 40. The van der Waals surface area contributed by atoms with E-state index in [9.17, 15) is 14.7 Å². The van der Waals surface area contributed by atoms with Gasteiger partial charge in [-0.25, -0.2) is 0 Å². The van der Waals surface area contributed by atoms with Crippen molar-refractivity contribution in [1.82, 2.24) is 0 Å². The van der Waals surface area contributed by atoms with E-state index in [1.54, 1.807) is 0 Å². The number of aliphatic hydroxyl groups excluding tert-OH is 1. The van der Waals surface area contributed by atoms with Gasteiger partial charge >= 0.3 is 11.9 Å². The van der Waals surface area contributed by atoms with Crippen LogP contribution in [0.3, 0.4) is 0 Å². The van der Waals surface area contributed by atoms with Crippen LogP contribution in [0.4, 0.5) is 0 Å². The van der Waals surface area contributed by atoms with Gasteiger partial charge < -0.3 is 14.6 Å². The SMILES string of the molecule is CCCCCCCCC=CCC=CCC=CCCCC(=O)O[C@@H](CO)COC(=O)CCCCCCCCCCCCCC=CCCCCCCCC. The Kier molecular flexibility index (Phi) is 41.5. The molecule has 0 unspecified atom stereocenters. The standard InChI is InChI=1S/C47H84O5/c1-3-5-7-9-11-13-15-17-19-21-22-23-24-26-27-29-31-33-35-37-39-41-46(49)51-44-45(43-48)52-47(50)42-40-38-36-34-32-30-28-25-20-18-16-14-12-10-8-6-4-2/h17-20,28,30,34,36,45,48H,3-16,21-27,29,31-33,35,37-44H2,1-2H3/t45-/m0/s1. The monoisotopic (exact) mass is 729 g/mol. The molecule has 52 heavy (non-hydrogen) atoms. The fourth-order valence-electron chi connectivity index (χ4n) is 6.21. The highest BCUT2D eigenvalue weighted by atomic mass is 16.6. The second-order valence-corrected chi connectivity index (χ2v) is 14.8. The summed E-state index contributed by atoms with van der Waals surface area (Å²) in [6.07, 6.45) is 54.7. The molecule has 1 atom stereocenters. The van der Waals surface area contributed by atoms with Crippen LogP contribution in [0.15, 0.2) is 48.6 Å². The Morgan fingerprint density at radius 1 is 0.442 bits per heavy atom. The maximum atomic E-state index is 12.2. The van der Waals surface area contributed by atoms with Gasteiger partial charge in [0.1, 0.15) is 6.61 Å². The van der Waals surface area contributed by atoms with Gasteiger partial charge in [0, 0.05) is 12.8 Å². The van der Waals surface area contributed by atoms with Crippen molar-refractivity contribution in [3.63, 3.8) is 0 Å². The van der Waals surface area contributed by atoms with Crippen LogP contribution in [0.5, 0.6) is 0 Å². The van der Waals surface area contributed by atoms with Gasteiger partial charge in [0.15, 0.2) is 6.10 Å². The van der Waals surface area contributed by atoms with Crippen molar-refractivity contribution < 1.29 is 24.2 Å². The molecule has 0 aliphatic rings. The first-order chi connectivity index (χ1) is 25.6. The van der Waals surface area contributed by atoms with E-state index in [-0.39, 0.29) is 31.6 Å². The molecule has 0 aliphatic heterocycles. The lowest BCUT2D eigenvalue weighted by Crippen LogP contribution is -2.28. The van der Waals surface area contributed by atoms with E-state index < -0.39 is 6.10 Å². The number of aliphatic hydroxyl groups is 1. The topological polar surface area (TPSA) is 72.8 Å². The number of hydrogen-bond donors (Lipinski definition) is 1. The van der Waals surface area contributed by atoms with Crippen molar-refractivity contribution in [2.45, 2.75) is 225 Å². The minimum absolute atomic E-state index is 0.0858. The molecule has 0 saturated carbocycles. The molecule has 0 spiro atoms. The molecule has 0 aromatic rings. The summed E-state index contributed by atoms with van der Waals surface area (Å²) in [5.41, 5.74) is 0. The van der Waals surface area contributed by atoms with Gasteiger partial charge in [-0.05, 0) is 70.6 Å². The number of ether oxygens (including phenoxy) is 2. The Hall–Kier alpha value is -2.14. The third-order valence-electron chi connectivity index (χ3n) is 9.60. The molecular weight excluding hydrogens is 645 g/mol. The van der Waals surface area contributed by atoms with E-state index >= 15 is 0 Å². The fraction of sp³-hybridized carbons (Fsp3) is 0.787. The lowest BCUT2D eigenvalue weighted by Gasteiger charge is -2.15. The first kappa shape index (κ1) is 49.9. The maximum Gasteiger partial charge on any atom is 0.306 e. The van der Waals surface area contributed by atoms with Crippen LogP contribution < -0.4 is 0 Å². The summed E-state index contributed by atoms with van der Waals surface area (Å²) in [5.74, 6) is -0.649. The largest absolute Gasteiger partial charge is 0.462 e. The van der Waals surface area contributed by atoms with Crippen molar-refractivity contribution in [2.24, 2.45) is 0 Å². The Balaban J connectivity index is 3.58. The summed E-state index contributed by atoms with van der Waals surface area (Å²) in [6.45, 7) is 4.09. The molecule has 0 aliphatic carbocycles. The molecule has 5 heteroatoms. The van der Waals surface area contributed by atoms with Crippen molar-refractivity contribution in [2.75, 3.05) is 13.2 Å². The van der Waals surface area contributed by atoms with Crippen LogP contribution in [-0.2, 0) is 19.1 Å². The Morgan fingerprint density at radius 2 is 0.788 bits per heavy atom. The van der Waals surface area contributed by atoms with Crippen molar-refractivity contribution in [3.8, 4) is 0 Å². The van der Waals surface area contributed by atoms with Gasteiger partial charge in [-0.2, -0.15) is 0 Å². The van der Waals surface area contributed by atoms with Gasteiger partial charge in [0.25, 0.3) is 0 Å². The van der Waals surface area contributed by atoms with Gasteiger partial charge in [-0.15, -0.1) is 0 Å². The highest BCUT2D eigenvalue weighted by molar-refractivity contribution is 5.70. The molecule has 0 radical (unpaired) electrons. The van der Waals surface area contributed by atoms with Crippen LogP contribution in [0.2, 0.25) is 0 Å². The highest BCUT2D eigenvalue weighted by Crippen LogP contribution is 2.14. The molecule has 0 heterocycles. The molecule has 302 valence electrons. The number of carbonyl (C=O) groups excluding carboxylic acids is 2. The predicted molar refractivity (Wildman–Crippen MR) is 224 cm³/mol. The average molecular weight is 729 g/mol. The van der Waals surface area contributed by atoms with E-state index in [4.69, 9.17) is 9.47 Å². The van der Waals surface area contributed by atoms with E-state index in [0.717, 1.165) is 38.5 Å². The maximum absolute atomic E-state index is 12.2. The zero-order chi connectivity index (χ0) is 37.8. The van der Waals surface area contributed by atoms with Crippen molar-refractivity contribution >= 4 is 11.9 Å². The van der Waals surface area contributed by atoms with Crippen LogP contribution in [0.25, 0.3) is 0 Å². The first-order valence-corrected chi connectivity index (χ1v) is 22.2. The Morgan fingerprint density at radius 3 is 1.23 bits per heavy atom. The first-order valence-electron chi connectivity index (χ1n) is 22.2. The lowest BCUT2D eigenvalue weighted by atomic mass is 10.0. The van der Waals surface area contributed by atoms with Crippen LogP contribution in [0, 0.1) is 0 Å². The summed E-state index contributed by atoms with van der Waals surface area (Å²) in [7, 11) is 0. The zero-order valence-corrected chi connectivity index (χ0v) is 34.3. The quantitative estimate of drug-likeness (QED) is 0.0386. The Bertz CT molecular complexity index is 873. The van der Waals surface area contributed by atoms with Crippen LogP contribution in [0.1, 0.15) is 219 Å². The molecule has 0 rings (SSSR count). The van der Waals surface area contributed by atoms with Gasteiger partial charge in [-0.3, -0.25) is 9.59 Å². The number of carbonyl (C=O) groups is 2. The molecule has 0 bridgehead atoms. The smallest absolute Gasteiger partial charge is 0.306 e. The van der Waals surface area contributed by atoms with Crippen LogP contribution >= 0.6 is 0 Å². The number of esters is 2. The van der Waals surface area contributed by atoms with Gasteiger partial charge in [0.2, 0.25) is 0 Å². The van der Waals surface area contributed by atoms with Gasteiger partial charge in [-0.1, -0.05) is 184 Å². The molecule has 0 aromatic heterocycles. The van der Waals surface area contributed by atoms with E-state index in [2.05, 4.69) is 62.5 Å². The number of hydrogen-bond acceptors (Lipinski definition) is 5. The molecule has 0 amide bonds. The molecule has 0 fully saturated rings. The average Bonchev–Trinajstić information content (AvgIpc) is 3.15. The van der Waals surface area contributed by atoms with Crippen molar-refractivity contribution in [1.29, 1.82) is 0 Å². The number of allylic oxidation sites excluding steroid dienone is 8. The molecule has 5 nitrogen and oxygen atoms in total. The van der Waals surface area contributed by atoms with Crippen molar-refractivity contribution in [3.05, 3.63) is 48.6 Å². The second kappa shape index (κ2) is 43.3. The second-order valence-electron chi connectivity index (χ2n) is 14.8. The molecule has 0 saturated heterocycles. The number of unbranched alkanes of at least 4 members (excludes halogenated alkanes) is 24. The molecule has 0 aromatic carbocycles. The van der Waals surface area contributed by atoms with Crippen LogP contribution in [-0.4, -0.2) is 36.4 Å². The van der Waals surface area contributed by atoms with E-state index in [1.165, 1.54) is 148 Å². The Labute approximate surface area is 322 Å². The minimum atomic E-state index is -0.798.